The Bertz CT molecular complexity index is 1560. The molecule has 8 heteroatoms. The van der Waals surface area contributed by atoms with E-state index < -0.39 is 0 Å². The number of hydrogen-bond acceptors (Lipinski definition) is 6. The fraction of sp³-hybridized carbons (Fsp3) is 0.179. The Morgan fingerprint density at radius 3 is 2.75 bits per heavy atom. The second-order valence-corrected chi connectivity index (χ2v) is 9.76. The number of fused-ring (bicyclic) bond motifs is 2. The smallest absolute Gasteiger partial charge is 0.226 e. The quantitative estimate of drug-likeness (QED) is 0.319. The van der Waals surface area contributed by atoms with Crippen LogP contribution in [0.25, 0.3) is 15.3 Å². The highest BCUT2D eigenvalue weighted by atomic mass is 32.1. The first-order valence-corrected chi connectivity index (χ1v) is 12.5. The second kappa shape index (κ2) is 9.13. The van der Waals surface area contributed by atoms with Gasteiger partial charge in [-0.2, -0.15) is 9.78 Å². The van der Waals surface area contributed by atoms with Crippen LogP contribution in [0.1, 0.15) is 34.6 Å². The van der Waals surface area contributed by atoms with Gasteiger partial charge in [0.2, 0.25) is 11.0 Å². The number of aryl methyl sites for hydroxylation is 1. The first kappa shape index (κ1) is 22.3. The van der Waals surface area contributed by atoms with Gasteiger partial charge in [-0.3, -0.25) is 4.79 Å². The van der Waals surface area contributed by atoms with Crippen molar-refractivity contribution in [3.8, 4) is 16.6 Å². The molecule has 1 aliphatic heterocycles. The molecule has 0 spiro atoms. The molecular formula is C28H24N4O3S. The minimum Gasteiger partial charge on any atom is -0.493 e. The van der Waals surface area contributed by atoms with Crippen molar-refractivity contribution >= 4 is 33.3 Å². The van der Waals surface area contributed by atoms with E-state index in [2.05, 4.69) is 29.5 Å². The summed E-state index contributed by atoms with van der Waals surface area (Å²) >= 11 is 1.54. The van der Waals surface area contributed by atoms with Crippen LogP contribution < -0.4 is 14.8 Å². The van der Waals surface area contributed by atoms with E-state index in [0.717, 1.165) is 32.0 Å². The molecule has 3 aromatic carbocycles. The van der Waals surface area contributed by atoms with Crippen molar-refractivity contribution in [2.45, 2.75) is 25.9 Å². The number of thiazole rings is 1. The Labute approximate surface area is 212 Å². The number of para-hydroxylation sites is 1. The van der Waals surface area contributed by atoms with E-state index in [0.29, 0.717) is 30.3 Å². The predicted octanol–water partition coefficient (Wildman–Crippen LogP) is 5.85. The normalized spacial score (nSPS) is 14.9. The SMILES string of the molecule is COc1cc(C2CC(=O)Nc3c2cnn3-c2nc3ccccc3s2)ccc1OCc1ccccc1C. The van der Waals surface area contributed by atoms with Gasteiger partial charge >= 0.3 is 0 Å². The molecule has 1 atom stereocenters. The number of anilines is 1. The molecule has 5 aromatic rings. The maximum atomic E-state index is 12.8. The van der Waals surface area contributed by atoms with Gasteiger partial charge in [-0.25, -0.2) is 4.98 Å². The highest BCUT2D eigenvalue weighted by Gasteiger charge is 2.31. The zero-order chi connectivity index (χ0) is 24.6. The number of benzene rings is 3. The number of nitrogens with one attached hydrogen (secondary N) is 1. The molecule has 1 unspecified atom stereocenters. The number of nitrogens with zero attached hydrogens (tertiary/aromatic N) is 3. The molecular weight excluding hydrogens is 472 g/mol. The summed E-state index contributed by atoms with van der Waals surface area (Å²) in [6, 6.07) is 22.0. The highest BCUT2D eigenvalue weighted by molar-refractivity contribution is 7.20. The van der Waals surface area contributed by atoms with E-state index in [1.54, 1.807) is 23.1 Å². The maximum Gasteiger partial charge on any atom is 0.226 e. The third-order valence-corrected chi connectivity index (χ3v) is 7.53. The van der Waals surface area contributed by atoms with Crippen molar-refractivity contribution in [3.63, 3.8) is 0 Å². The summed E-state index contributed by atoms with van der Waals surface area (Å²) in [6.45, 7) is 2.52. The number of amides is 1. The van der Waals surface area contributed by atoms with Crippen LogP contribution in [-0.2, 0) is 11.4 Å². The van der Waals surface area contributed by atoms with Gasteiger partial charge in [0.1, 0.15) is 12.4 Å². The van der Waals surface area contributed by atoms with Crippen LogP contribution in [0.5, 0.6) is 11.5 Å². The molecule has 6 rings (SSSR count). The molecule has 180 valence electrons. The molecule has 0 saturated carbocycles. The molecule has 0 radical (unpaired) electrons. The standard InChI is InChI=1S/C28H24N4O3S/c1-17-7-3-4-8-19(17)16-35-23-12-11-18(13-24(23)34-2)20-14-26(33)31-27-21(20)15-29-32(27)28-30-22-9-5-6-10-25(22)36-28/h3-13,15,20H,14,16H2,1-2H3,(H,31,33). The third-order valence-electron chi connectivity index (χ3n) is 6.52. The molecule has 0 aliphatic carbocycles. The van der Waals surface area contributed by atoms with E-state index >= 15 is 0 Å². The van der Waals surface area contributed by atoms with Crippen LogP contribution in [-0.4, -0.2) is 27.8 Å². The molecule has 7 nitrogen and oxygen atoms in total. The number of rotatable bonds is 6. The van der Waals surface area contributed by atoms with E-state index in [-0.39, 0.29) is 11.8 Å². The summed E-state index contributed by atoms with van der Waals surface area (Å²) < 4.78 is 14.5. The van der Waals surface area contributed by atoms with Crippen LogP contribution in [0.3, 0.4) is 0 Å². The van der Waals surface area contributed by atoms with Crippen molar-refractivity contribution in [1.29, 1.82) is 0 Å². The lowest BCUT2D eigenvalue weighted by molar-refractivity contribution is -0.116. The minimum absolute atomic E-state index is 0.0609. The molecule has 1 amide bonds. The Kier molecular flexibility index (Phi) is 5.65. The molecule has 0 fully saturated rings. The maximum absolute atomic E-state index is 12.8. The number of hydrogen-bond donors (Lipinski definition) is 1. The number of carbonyl (C=O) groups is 1. The lowest BCUT2D eigenvalue weighted by Crippen LogP contribution is -2.24. The summed E-state index contributed by atoms with van der Waals surface area (Å²) in [6.07, 6.45) is 2.14. The van der Waals surface area contributed by atoms with Crippen molar-refractivity contribution in [1.82, 2.24) is 14.8 Å². The van der Waals surface area contributed by atoms with Crippen LogP contribution >= 0.6 is 11.3 Å². The van der Waals surface area contributed by atoms with E-state index in [9.17, 15) is 4.79 Å². The molecule has 1 N–H and O–H groups in total. The zero-order valence-corrected chi connectivity index (χ0v) is 20.7. The van der Waals surface area contributed by atoms with Gasteiger partial charge in [0, 0.05) is 17.9 Å². The number of carbonyl (C=O) groups excluding carboxylic acids is 1. The molecule has 0 saturated heterocycles. The molecule has 3 heterocycles. The monoisotopic (exact) mass is 496 g/mol. The first-order valence-electron chi connectivity index (χ1n) is 11.7. The second-order valence-electron chi connectivity index (χ2n) is 8.75. The number of methoxy groups -OCH3 is 1. The highest BCUT2D eigenvalue weighted by Crippen LogP contribution is 2.41. The summed E-state index contributed by atoms with van der Waals surface area (Å²) in [4.78, 5) is 17.5. The Hall–Kier alpha value is -4.17. The van der Waals surface area contributed by atoms with Gasteiger partial charge in [0.05, 0.1) is 23.5 Å². The summed E-state index contributed by atoms with van der Waals surface area (Å²) in [5.74, 6) is 1.74. The first-order chi connectivity index (χ1) is 17.6. The summed E-state index contributed by atoms with van der Waals surface area (Å²) in [5, 5.41) is 8.32. The molecule has 0 bridgehead atoms. The van der Waals surface area contributed by atoms with Crippen molar-refractivity contribution in [2.24, 2.45) is 0 Å². The minimum atomic E-state index is -0.156. The Morgan fingerprint density at radius 1 is 1.08 bits per heavy atom. The van der Waals surface area contributed by atoms with Crippen molar-refractivity contribution in [3.05, 3.63) is 95.2 Å². The van der Waals surface area contributed by atoms with E-state index in [4.69, 9.17) is 14.5 Å². The van der Waals surface area contributed by atoms with Crippen LogP contribution in [0, 0.1) is 6.92 Å². The Morgan fingerprint density at radius 2 is 1.92 bits per heavy atom. The lowest BCUT2D eigenvalue weighted by Gasteiger charge is -2.24. The Balaban J connectivity index is 1.32. The van der Waals surface area contributed by atoms with Crippen LogP contribution in [0.2, 0.25) is 0 Å². The van der Waals surface area contributed by atoms with Gasteiger partial charge in [0.15, 0.2) is 11.5 Å². The fourth-order valence-corrected chi connectivity index (χ4v) is 5.49. The van der Waals surface area contributed by atoms with Crippen LogP contribution in [0.4, 0.5) is 5.82 Å². The fourth-order valence-electron chi connectivity index (χ4n) is 4.56. The number of aromatic nitrogens is 3. The number of ether oxygens (including phenoxy) is 2. The third kappa shape index (κ3) is 3.99. The van der Waals surface area contributed by atoms with E-state index in [1.165, 1.54) is 5.56 Å². The van der Waals surface area contributed by atoms with E-state index in [1.807, 2.05) is 60.8 Å². The predicted molar refractivity (Wildman–Crippen MR) is 140 cm³/mol. The van der Waals surface area contributed by atoms with Crippen LogP contribution in [0.15, 0.2) is 72.9 Å². The lowest BCUT2D eigenvalue weighted by atomic mass is 9.87. The van der Waals surface area contributed by atoms with Gasteiger partial charge in [-0.1, -0.05) is 53.8 Å². The topological polar surface area (TPSA) is 78.3 Å². The molecule has 1 aliphatic rings. The van der Waals surface area contributed by atoms with Crippen molar-refractivity contribution < 1.29 is 14.3 Å². The van der Waals surface area contributed by atoms with Gasteiger partial charge in [-0.15, -0.1) is 0 Å². The molecule has 2 aromatic heterocycles. The zero-order valence-electron chi connectivity index (χ0n) is 19.9. The largest absolute Gasteiger partial charge is 0.493 e. The molecule has 36 heavy (non-hydrogen) atoms. The van der Waals surface area contributed by atoms with Gasteiger partial charge < -0.3 is 14.8 Å². The van der Waals surface area contributed by atoms with Gasteiger partial charge in [-0.05, 0) is 47.9 Å². The van der Waals surface area contributed by atoms with Gasteiger partial charge in [0.25, 0.3) is 0 Å². The average molecular weight is 497 g/mol. The summed E-state index contributed by atoms with van der Waals surface area (Å²) in [7, 11) is 1.63. The summed E-state index contributed by atoms with van der Waals surface area (Å²) in [5.41, 5.74) is 5.13. The average Bonchev–Trinajstić information content (AvgIpc) is 3.51. The van der Waals surface area contributed by atoms with Crippen molar-refractivity contribution in [2.75, 3.05) is 12.4 Å².